The number of amides is 1. The first kappa shape index (κ1) is 17.9. The van der Waals surface area contributed by atoms with Gasteiger partial charge in [0.1, 0.15) is 5.82 Å². The van der Waals surface area contributed by atoms with Crippen molar-refractivity contribution >= 4 is 21.6 Å². The molecule has 0 aliphatic rings. The van der Waals surface area contributed by atoms with E-state index in [1.807, 2.05) is 19.1 Å². The molecule has 7 heteroatoms. The second-order valence-corrected chi connectivity index (χ2v) is 7.31. The molecule has 0 aliphatic heterocycles. The van der Waals surface area contributed by atoms with E-state index in [-0.39, 0.29) is 18.7 Å². The van der Waals surface area contributed by atoms with E-state index in [9.17, 15) is 17.6 Å². The third kappa shape index (κ3) is 4.55. The maximum absolute atomic E-state index is 13.6. The minimum Gasteiger partial charge on any atom is -0.350 e. The van der Waals surface area contributed by atoms with Gasteiger partial charge in [-0.25, -0.2) is 12.8 Å². The molecule has 0 aliphatic carbocycles. The molecule has 0 fully saturated rings. The van der Waals surface area contributed by atoms with Crippen molar-refractivity contribution in [2.24, 2.45) is 0 Å². The minimum absolute atomic E-state index is 0.0576. The number of rotatable bonds is 6. The van der Waals surface area contributed by atoms with Crippen molar-refractivity contribution in [2.75, 3.05) is 23.7 Å². The van der Waals surface area contributed by atoms with Crippen LogP contribution in [0.15, 0.2) is 48.5 Å². The van der Waals surface area contributed by atoms with Crippen molar-refractivity contribution in [1.29, 1.82) is 0 Å². The van der Waals surface area contributed by atoms with Gasteiger partial charge in [-0.1, -0.05) is 29.8 Å². The summed E-state index contributed by atoms with van der Waals surface area (Å²) < 4.78 is 38.7. The van der Waals surface area contributed by atoms with Crippen molar-refractivity contribution in [2.45, 2.75) is 6.92 Å². The van der Waals surface area contributed by atoms with E-state index in [1.54, 1.807) is 18.2 Å². The third-order valence-corrected chi connectivity index (χ3v) is 4.64. The lowest BCUT2D eigenvalue weighted by Gasteiger charge is -2.22. The van der Waals surface area contributed by atoms with E-state index in [1.165, 1.54) is 22.5 Å². The maximum Gasteiger partial charge on any atom is 0.254 e. The van der Waals surface area contributed by atoms with Crippen molar-refractivity contribution in [3.8, 4) is 0 Å². The highest BCUT2D eigenvalue weighted by molar-refractivity contribution is 7.92. The number of benzene rings is 2. The Morgan fingerprint density at radius 2 is 1.75 bits per heavy atom. The standard InChI is InChI=1S/C17H19FN2O3S/c1-13-7-9-14(10-8-13)20(24(2,22)23)12-11-19-17(21)15-5-3-4-6-16(15)18/h3-10H,11-12H2,1-2H3,(H,19,21). The van der Waals surface area contributed by atoms with Crippen LogP contribution in [0.3, 0.4) is 0 Å². The highest BCUT2D eigenvalue weighted by Crippen LogP contribution is 2.17. The number of aryl methyl sites for hydroxylation is 1. The first-order valence-corrected chi connectivity index (χ1v) is 9.21. The Hall–Kier alpha value is -2.41. The average Bonchev–Trinajstić information content (AvgIpc) is 2.52. The molecule has 1 amide bonds. The zero-order valence-electron chi connectivity index (χ0n) is 13.5. The Labute approximate surface area is 141 Å². The monoisotopic (exact) mass is 350 g/mol. The summed E-state index contributed by atoms with van der Waals surface area (Å²) in [6, 6.07) is 12.7. The number of halogens is 1. The number of nitrogens with one attached hydrogen (secondary N) is 1. The number of sulfonamides is 1. The van der Waals surface area contributed by atoms with E-state index in [2.05, 4.69) is 5.32 Å². The van der Waals surface area contributed by atoms with E-state index in [0.717, 1.165) is 11.8 Å². The first-order valence-electron chi connectivity index (χ1n) is 7.36. The van der Waals surface area contributed by atoms with Gasteiger partial charge in [-0.15, -0.1) is 0 Å². The van der Waals surface area contributed by atoms with E-state index in [0.29, 0.717) is 5.69 Å². The number of nitrogens with zero attached hydrogens (tertiary/aromatic N) is 1. The molecule has 0 bridgehead atoms. The fourth-order valence-corrected chi connectivity index (χ4v) is 3.14. The van der Waals surface area contributed by atoms with Gasteiger partial charge in [0.15, 0.2) is 0 Å². The lowest BCUT2D eigenvalue weighted by Crippen LogP contribution is -2.38. The Kier molecular flexibility index (Phi) is 5.56. The summed E-state index contributed by atoms with van der Waals surface area (Å²) in [5.74, 6) is -1.20. The molecular weight excluding hydrogens is 331 g/mol. The quantitative estimate of drug-likeness (QED) is 0.869. The molecule has 0 heterocycles. The highest BCUT2D eigenvalue weighted by atomic mass is 32.2. The van der Waals surface area contributed by atoms with Crippen LogP contribution in [0, 0.1) is 12.7 Å². The number of carbonyl (C=O) groups excluding carboxylic acids is 1. The van der Waals surface area contributed by atoms with Gasteiger partial charge in [0.05, 0.1) is 24.1 Å². The van der Waals surface area contributed by atoms with Gasteiger partial charge < -0.3 is 5.32 Å². The van der Waals surface area contributed by atoms with Crippen LogP contribution in [0.1, 0.15) is 15.9 Å². The van der Waals surface area contributed by atoms with Gasteiger partial charge in [0.2, 0.25) is 10.0 Å². The van der Waals surface area contributed by atoms with Crippen LogP contribution in [-0.4, -0.2) is 33.7 Å². The molecule has 5 nitrogen and oxygen atoms in total. The SMILES string of the molecule is Cc1ccc(N(CCNC(=O)c2ccccc2F)S(C)(=O)=O)cc1. The Bertz CT molecular complexity index is 820. The molecule has 0 radical (unpaired) electrons. The second-order valence-electron chi connectivity index (χ2n) is 5.41. The Balaban J connectivity index is 2.05. The molecule has 0 saturated heterocycles. The summed E-state index contributed by atoms with van der Waals surface area (Å²) in [6.07, 6.45) is 1.10. The molecule has 24 heavy (non-hydrogen) atoms. The van der Waals surface area contributed by atoms with Crippen LogP contribution in [0.5, 0.6) is 0 Å². The highest BCUT2D eigenvalue weighted by Gasteiger charge is 2.18. The van der Waals surface area contributed by atoms with Crippen LogP contribution < -0.4 is 9.62 Å². The summed E-state index contributed by atoms with van der Waals surface area (Å²) >= 11 is 0. The Morgan fingerprint density at radius 3 is 2.33 bits per heavy atom. The molecule has 1 N–H and O–H groups in total. The topological polar surface area (TPSA) is 66.5 Å². The molecule has 128 valence electrons. The second kappa shape index (κ2) is 7.44. The number of carbonyl (C=O) groups is 1. The molecule has 0 spiro atoms. The molecular formula is C17H19FN2O3S. The Morgan fingerprint density at radius 1 is 1.12 bits per heavy atom. The van der Waals surface area contributed by atoms with Gasteiger partial charge in [0, 0.05) is 6.54 Å². The summed E-state index contributed by atoms with van der Waals surface area (Å²) in [6.45, 7) is 2.03. The summed E-state index contributed by atoms with van der Waals surface area (Å²) in [4.78, 5) is 12.0. The van der Waals surface area contributed by atoms with Crippen LogP contribution in [0.2, 0.25) is 0 Å². The molecule has 2 aromatic rings. The van der Waals surface area contributed by atoms with Crippen molar-refractivity contribution < 1.29 is 17.6 Å². The zero-order valence-corrected chi connectivity index (χ0v) is 14.3. The minimum atomic E-state index is -3.49. The van der Waals surface area contributed by atoms with Gasteiger partial charge in [-0.05, 0) is 31.2 Å². The predicted octanol–water partition coefficient (Wildman–Crippen LogP) is 2.33. The molecule has 0 saturated carbocycles. The average molecular weight is 350 g/mol. The van der Waals surface area contributed by atoms with Crippen LogP contribution in [0.25, 0.3) is 0 Å². The van der Waals surface area contributed by atoms with Gasteiger partial charge in [-0.2, -0.15) is 0 Å². The first-order chi connectivity index (χ1) is 11.3. The molecule has 0 unspecified atom stereocenters. The van der Waals surface area contributed by atoms with Gasteiger partial charge in [-0.3, -0.25) is 9.10 Å². The third-order valence-electron chi connectivity index (χ3n) is 3.44. The van der Waals surface area contributed by atoms with Gasteiger partial charge >= 0.3 is 0 Å². The normalized spacial score (nSPS) is 11.1. The lowest BCUT2D eigenvalue weighted by molar-refractivity contribution is 0.0951. The van der Waals surface area contributed by atoms with E-state index in [4.69, 9.17) is 0 Å². The van der Waals surface area contributed by atoms with E-state index < -0.39 is 21.7 Å². The van der Waals surface area contributed by atoms with Gasteiger partial charge in [0.25, 0.3) is 5.91 Å². The molecule has 2 rings (SSSR count). The number of anilines is 1. The van der Waals surface area contributed by atoms with E-state index >= 15 is 0 Å². The lowest BCUT2D eigenvalue weighted by atomic mass is 10.2. The maximum atomic E-state index is 13.6. The molecule has 0 atom stereocenters. The molecule has 2 aromatic carbocycles. The van der Waals surface area contributed by atoms with Crippen molar-refractivity contribution in [3.63, 3.8) is 0 Å². The predicted molar refractivity (Wildman–Crippen MR) is 92.1 cm³/mol. The fraction of sp³-hybridized carbons (Fsp3) is 0.235. The number of hydrogen-bond acceptors (Lipinski definition) is 3. The zero-order chi connectivity index (χ0) is 17.7. The van der Waals surface area contributed by atoms with Crippen LogP contribution in [-0.2, 0) is 10.0 Å². The van der Waals surface area contributed by atoms with Crippen molar-refractivity contribution in [3.05, 3.63) is 65.5 Å². The summed E-state index contributed by atoms with van der Waals surface area (Å²) in [5.41, 5.74) is 1.46. The van der Waals surface area contributed by atoms with Crippen molar-refractivity contribution in [1.82, 2.24) is 5.32 Å². The smallest absolute Gasteiger partial charge is 0.254 e. The summed E-state index contributed by atoms with van der Waals surface area (Å²) in [7, 11) is -3.49. The number of hydrogen-bond donors (Lipinski definition) is 1. The fourth-order valence-electron chi connectivity index (χ4n) is 2.21. The van der Waals surface area contributed by atoms with Crippen LogP contribution >= 0.6 is 0 Å². The summed E-state index contributed by atoms with van der Waals surface area (Å²) in [5, 5.41) is 2.54. The van der Waals surface area contributed by atoms with Crippen LogP contribution in [0.4, 0.5) is 10.1 Å². The molecule has 0 aromatic heterocycles. The largest absolute Gasteiger partial charge is 0.350 e.